The Labute approximate surface area is 199 Å². The minimum atomic E-state index is -0.856. The molecule has 1 saturated heterocycles. The Bertz CT molecular complexity index is 1460. The van der Waals surface area contributed by atoms with E-state index in [1.165, 1.54) is 16.2 Å². The highest BCUT2D eigenvalue weighted by molar-refractivity contribution is 7.22. The van der Waals surface area contributed by atoms with E-state index in [1.807, 2.05) is 32.0 Å². The van der Waals surface area contributed by atoms with Crippen molar-refractivity contribution in [2.24, 2.45) is 0 Å². The normalized spacial score (nSPS) is 17.8. The van der Waals surface area contributed by atoms with Crippen molar-refractivity contribution in [1.29, 1.82) is 0 Å². The summed E-state index contributed by atoms with van der Waals surface area (Å²) in [6.45, 7) is 3.97. The Balaban J connectivity index is 1.76. The van der Waals surface area contributed by atoms with E-state index in [-0.39, 0.29) is 11.3 Å². The highest BCUT2D eigenvalue weighted by Gasteiger charge is 2.48. The fourth-order valence-electron chi connectivity index (χ4n) is 4.24. The van der Waals surface area contributed by atoms with E-state index in [1.54, 1.807) is 48.5 Å². The van der Waals surface area contributed by atoms with Gasteiger partial charge < -0.3 is 5.11 Å². The van der Waals surface area contributed by atoms with Gasteiger partial charge in [-0.3, -0.25) is 14.5 Å². The Hall–Kier alpha value is -3.48. The van der Waals surface area contributed by atoms with Crippen LogP contribution in [0, 0.1) is 13.8 Å². The van der Waals surface area contributed by atoms with Crippen LogP contribution in [0.3, 0.4) is 0 Å². The lowest BCUT2D eigenvalue weighted by molar-refractivity contribution is -0.132. The first-order valence-electron chi connectivity index (χ1n) is 10.3. The second-order valence-electron chi connectivity index (χ2n) is 8.02. The Morgan fingerprint density at radius 2 is 1.79 bits per heavy atom. The van der Waals surface area contributed by atoms with Crippen LogP contribution in [0.4, 0.5) is 5.13 Å². The topological polar surface area (TPSA) is 70.5 Å². The summed E-state index contributed by atoms with van der Waals surface area (Å²) < 4.78 is 0.928. The van der Waals surface area contributed by atoms with Gasteiger partial charge >= 0.3 is 5.91 Å². The minimum Gasteiger partial charge on any atom is -0.507 e. The van der Waals surface area contributed by atoms with Gasteiger partial charge in [-0.2, -0.15) is 0 Å². The van der Waals surface area contributed by atoms with Crippen LogP contribution in [-0.2, 0) is 9.59 Å². The van der Waals surface area contributed by atoms with E-state index in [4.69, 9.17) is 16.6 Å². The third kappa shape index (κ3) is 3.61. The van der Waals surface area contributed by atoms with Gasteiger partial charge in [-0.1, -0.05) is 71.5 Å². The summed E-state index contributed by atoms with van der Waals surface area (Å²) in [5, 5.41) is 12.0. The zero-order chi connectivity index (χ0) is 23.3. The number of hydrogen-bond donors (Lipinski definition) is 1. The highest BCUT2D eigenvalue weighted by atomic mass is 35.5. The van der Waals surface area contributed by atoms with Gasteiger partial charge in [0.05, 0.1) is 21.8 Å². The SMILES string of the molecule is Cc1cc(C)c2nc(N3C(=O)C(=O)/C(=C(/O)c4ccccc4)C3c3cccc(Cl)c3)sc2c1. The molecule has 0 saturated carbocycles. The molecule has 0 bridgehead atoms. The van der Waals surface area contributed by atoms with Crippen molar-refractivity contribution in [3.63, 3.8) is 0 Å². The number of thiazole rings is 1. The molecule has 1 atom stereocenters. The second-order valence-corrected chi connectivity index (χ2v) is 9.46. The van der Waals surface area contributed by atoms with Gasteiger partial charge in [0.25, 0.3) is 5.78 Å². The minimum absolute atomic E-state index is 0.0145. The van der Waals surface area contributed by atoms with Crippen LogP contribution in [0.2, 0.25) is 5.02 Å². The maximum absolute atomic E-state index is 13.3. The molecule has 2 heterocycles. The van der Waals surface area contributed by atoms with Crippen LogP contribution in [0.25, 0.3) is 16.0 Å². The lowest BCUT2D eigenvalue weighted by Crippen LogP contribution is -2.29. The van der Waals surface area contributed by atoms with Gasteiger partial charge in [0.1, 0.15) is 5.76 Å². The fraction of sp³-hybridized carbons (Fsp3) is 0.115. The van der Waals surface area contributed by atoms with Crippen molar-refractivity contribution in [2.45, 2.75) is 19.9 Å². The maximum Gasteiger partial charge on any atom is 0.301 e. The molecule has 164 valence electrons. The number of amides is 1. The lowest BCUT2D eigenvalue weighted by Gasteiger charge is -2.23. The van der Waals surface area contributed by atoms with Gasteiger partial charge in [-0.15, -0.1) is 0 Å². The van der Waals surface area contributed by atoms with Crippen molar-refractivity contribution in [3.8, 4) is 0 Å². The average Bonchev–Trinajstić information content (AvgIpc) is 3.33. The van der Waals surface area contributed by atoms with Gasteiger partial charge in [0.15, 0.2) is 5.13 Å². The third-order valence-corrected chi connectivity index (χ3v) is 6.92. The molecule has 0 aliphatic carbocycles. The number of Topliss-reactive ketones (excluding diaryl/α,β-unsaturated/α-hetero) is 1. The van der Waals surface area contributed by atoms with E-state index in [2.05, 4.69) is 0 Å². The molecule has 5 rings (SSSR count). The molecule has 0 spiro atoms. The predicted octanol–water partition coefficient (Wildman–Crippen LogP) is 6.19. The molecule has 5 nitrogen and oxygen atoms in total. The molecule has 3 aromatic carbocycles. The number of nitrogens with zero attached hydrogens (tertiary/aromatic N) is 2. The van der Waals surface area contributed by atoms with Crippen LogP contribution in [0.5, 0.6) is 0 Å². The van der Waals surface area contributed by atoms with Gasteiger partial charge in [0, 0.05) is 10.6 Å². The summed E-state index contributed by atoms with van der Waals surface area (Å²) in [6.07, 6.45) is 0. The number of anilines is 1. The van der Waals surface area contributed by atoms with Crippen molar-refractivity contribution in [2.75, 3.05) is 4.90 Å². The van der Waals surface area contributed by atoms with Crippen molar-refractivity contribution >= 4 is 55.7 Å². The van der Waals surface area contributed by atoms with E-state index in [0.29, 0.717) is 21.3 Å². The van der Waals surface area contributed by atoms with Crippen LogP contribution >= 0.6 is 22.9 Å². The van der Waals surface area contributed by atoms with Crippen molar-refractivity contribution in [1.82, 2.24) is 4.98 Å². The average molecular weight is 475 g/mol. The number of aliphatic hydroxyl groups excluding tert-OH is 1. The van der Waals surface area contributed by atoms with E-state index in [0.717, 1.165) is 21.3 Å². The number of halogens is 1. The highest BCUT2D eigenvalue weighted by Crippen LogP contribution is 2.45. The van der Waals surface area contributed by atoms with Crippen molar-refractivity contribution in [3.05, 3.63) is 99.6 Å². The number of carbonyl (C=O) groups is 2. The first kappa shape index (κ1) is 21.4. The first-order valence-corrected chi connectivity index (χ1v) is 11.5. The third-order valence-electron chi connectivity index (χ3n) is 5.68. The number of rotatable bonds is 3. The number of aliphatic hydroxyl groups is 1. The monoisotopic (exact) mass is 474 g/mol. The van der Waals surface area contributed by atoms with Gasteiger partial charge in [-0.05, 0) is 48.7 Å². The molecular weight excluding hydrogens is 456 g/mol. The van der Waals surface area contributed by atoms with Gasteiger partial charge in [-0.25, -0.2) is 4.98 Å². The predicted molar refractivity (Wildman–Crippen MR) is 132 cm³/mol. The number of benzene rings is 3. The molecule has 1 aliphatic rings. The smallest absolute Gasteiger partial charge is 0.301 e. The molecule has 1 amide bonds. The Morgan fingerprint density at radius 3 is 2.52 bits per heavy atom. The largest absolute Gasteiger partial charge is 0.507 e. The zero-order valence-corrected chi connectivity index (χ0v) is 19.4. The molecule has 0 radical (unpaired) electrons. The molecule has 7 heteroatoms. The molecule has 1 N–H and O–H groups in total. The summed E-state index contributed by atoms with van der Waals surface area (Å²) >= 11 is 7.60. The second kappa shape index (κ2) is 8.14. The van der Waals surface area contributed by atoms with Crippen LogP contribution in [0.1, 0.15) is 28.3 Å². The van der Waals surface area contributed by atoms with Crippen LogP contribution in [-0.4, -0.2) is 21.8 Å². The first-order chi connectivity index (χ1) is 15.8. The molecule has 4 aromatic rings. The quantitative estimate of drug-likeness (QED) is 0.218. The molecule has 1 unspecified atom stereocenters. The van der Waals surface area contributed by atoms with Gasteiger partial charge in [0.2, 0.25) is 0 Å². The zero-order valence-electron chi connectivity index (χ0n) is 17.9. The molecule has 1 fully saturated rings. The standard InChI is InChI=1S/C26H19ClN2O3S/c1-14-11-15(2)21-19(12-14)33-26(28-21)29-22(17-9-6-10-18(27)13-17)20(24(31)25(29)32)23(30)16-7-4-3-5-8-16/h3-13,22,30H,1-2H3/b23-20+. The van der Waals surface area contributed by atoms with E-state index < -0.39 is 17.7 Å². The van der Waals surface area contributed by atoms with Crippen molar-refractivity contribution < 1.29 is 14.7 Å². The molecule has 1 aromatic heterocycles. The number of carbonyl (C=O) groups excluding carboxylic acids is 2. The summed E-state index contributed by atoms with van der Waals surface area (Å²) in [7, 11) is 0. The van der Waals surface area contributed by atoms with E-state index in [9.17, 15) is 14.7 Å². The number of hydrogen-bond acceptors (Lipinski definition) is 5. The fourth-order valence-corrected chi connectivity index (χ4v) is 5.60. The number of ketones is 1. The molecule has 33 heavy (non-hydrogen) atoms. The summed E-state index contributed by atoms with van der Waals surface area (Å²) in [5.41, 5.74) is 3.96. The Morgan fingerprint density at radius 1 is 1.03 bits per heavy atom. The number of aryl methyl sites for hydroxylation is 2. The number of aromatic nitrogens is 1. The van der Waals surface area contributed by atoms with E-state index >= 15 is 0 Å². The summed E-state index contributed by atoms with van der Waals surface area (Å²) in [5.74, 6) is -1.71. The molecule has 1 aliphatic heterocycles. The lowest BCUT2D eigenvalue weighted by atomic mass is 9.95. The molecular formula is C26H19ClN2O3S. The van der Waals surface area contributed by atoms with Crippen LogP contribution in [0.15, 0.2) is 72.3 Å². The summed E-state index contributed by atoms with van der Waals surface area (Å²) in [6, 6.07) is 18.9. The maximum atomic E-state index is 13.3. The van der Waals surface area contributed by atoms with Crippen LogP contribution < -0.4 is 4.90 Å². The Kier molecular flexibility index (Phi) is 5.27. The summed E-state index contributed by atoms with van der Waals surface area (Å²) in [4.78, 5) is 32.7. The number of fused-ring (bicyclic) bond motifs is 1.